The predicted molar refractivity (Wildman–Crippen MR) is 96.0 cm³/mol. The largest absolute Gasteiger partial charge is 0.508 e. The second kappa shape index (κ2) is 6.74. The van der Waals surface area contributed by atoms with Crippen LogP contribution in [0.3, 0.4) is 0 Å². The Balaban J connectivity index is 1.37. The maximum atomic E-state index is 12.7. The van der Waals surface area contributed by atoms with E-state index in [-0.39, 0.29) is 23.9 Å². The van der Waals surface area contributed by atoms with E-state index in [0.717, 1.165) is 18.5 Å². The van der Waals surface area contributed by atoms with Gasteiger partial charge in [-0.15, -0.1) is 0 Å². The van der Waals surface area contributed by atoms with Crippen molar-refractivity contribution >= 4 is 11.9 Å². The highest BCUT2D eigenvalue weighted by Gasteiger charge is 2.38. The van der Waals surface area contributed by atoms with Crippen LogP contribution in [0, 0.1) is 5.41 Å². The van der Waals surface area contributed by atoms with E-state index in [1.807, 2.05) is 12.1 Å². The number of nitrogens with one attached hydrogen (secondary N) is 2. The molecule has 2 aromatic rings. The van der Waals surface area contributed by atoms with E-state index in [4.69, 9.17) is 5.41 Å². The van der Waals surface area contributed by atoms with E-state index < -0.39 is 0 Å². The second-order valence-corrected chi connectivity index (χ2v) is 6.91. The van der Waals surface area contributed by atoms with Crippen LogP contribution in [-0.2, 0) is 0 Å². The molecule has 7 nitrogen and oxygen atoms in total. The van der Waals surface area contributed by atoms with Crippen molar-refractivity contribution in [2.24, 2.45) is 0 Å². The molecule has 1 aliphatic carbocycles. The summed E-state index contributed by atoms with van der Waals surface area (Å²) in [5, 5.41) is 20.5. The quantitative estimate of drug-likeness (QED) is 0.791. The van der Waals surface area contributed by atoms with Crippen LogP contribution in [0.5, 0.6) is 5.75 Å². The van der Waals surface area contributed by atoms with Crippen molar-refractivity contribution in [2.75, 3.05) is 0 Å². The number of phenolic OH excluding ortho intramolecular Hbond substituents is 1. The Morgan fingerprint density at radius 3 is 2.69 bits per heavy atom. The van der Waals surface area contributed by atoms with Gasteiger partial charge in [0.1, 0.15) is 11.6 Å². The van der Waals surface area contributed by atoms with Crippen LogP contribution in [-0.4, -0.2) is 37.9 Å². The number of phenols is 1. The summed E-state index contributed by atoms with van der Waals surface area (Å²) in [6, 6.07) is 6.91. The van der Waals surface area contributed by atoms with Crippen LogP contribution < -0.4 is 5.32 Å². The number of amides is 2. The number of rotatable bonds is 3. The number of carbonyl (C=O) groups excluding carboxylic acids is 1. The number of urea groups is 1. The number of benzene rings is 1. The van der Waals surface area contributed by atoms with Gasteiger partial charge in [0, 0.05) is 24.9 Å². The number of carbonyl (C=O) groups is 1. The monoisotopic (exact) mass is 351 g/mol. The lowest BCUT2D eigenvalue weighted by Crippen LogP contribution is -2.50. The minimum Gasteiger partial charge on any atom is -0.508 e. The number of nitrogens with zero attached hydrogens (tertiary/aromatic N) is 3. The minimum absolute atomic E-state index is 0.109. The summed E-state index contributed by atoms with van der Waals surface area (Å²) in [4.78, 5) is 22.6. The van der Waals surface area contributed by atoms with Gasteiger partial charge in [0.15, 0.2) is 0 Å². The molecule has 1 aliphatic heterocycles. The predicted octanol–water partition coefficient (Wildman–Crippen LogP) is 2.95. The van der Waals surface area contributed by atoms with Gasteiger partial charge in [-0.2, -0.15) is 0 Å². The molecule has 3 N–H and O–H groups in total. The maximum Gasteiger partial charge on any atom is 0.323 e. The Morgan fingerprint density at radius 2 is 2.00 bits per heavy atom. The average molecular weight is 351 g/mol. The van der Waals surface area contributed by atoms with Crippen LogP contribution in [0.15, 0.2) is 42.9 Å². The summed E-state index contributed by atoms with van der Waals surface area (Å²) in [7, 11) is 0. The highest BCUT2D eigenvalue weighted by molar-refractivity contribution is 5.98. The van der Waals surface area contributed by atoms with E-state index >= 15 is 0 Å². The zero-order chi connectivity index (χ0) is 18.1. The lowest BCUT2D eigenvalue weighted by Gasteiger charge is -2.37. The summed E-state index contributed by atoms with van der Waals surface area (Å²) < 4.78 is 0. The van der Waals surface area contributed by atoms with Gasteiger partial charge in [-0.3, -0.25) is 20.3 Å². The van der Waals surface area contributed by atoms with Crippen LogP contribution >= 0.6 is 0 Å². The molecule has 1 aromatic carbocycles. The molecular formula is C19H21N5O2. The molecule has 26 heavy (non-hydrogen) atoms. The first-order chi connectivity index (χ1) is 12.6. The smallest absolute Gasteiger partial charge is 0.323 e. The molecule has 1 unspecified atom stereocenters. The Hall–Kier alpha value is -2.96. The first kappa shape index (κ1) is 16.5. The van der Waals surface area contributed by atoms with Crippen molar-refractivity contribution in [1.29, 1.82) is 5.41 Å². The Bertz CT molecular complexity index is 802. The number of aromatic hydroxyl groups is 1. The van der Waals surface area contributed by atoms with Gasteiger partial charge in [0.25, 0.3) is 0 Å². The van der Waals surface area contributed by atoms with Gasteiger partial charge in [-0.05, 0) is 42.9 Å². The molecule has 2 heterocycles. The van der Waals surface area contributed by atoms with Gasteiger partial charge in [0.2, 0.25) is 0 Å². The highest BCUT2D eigenvalue weighted by Crippen LogP contribution is 2.38. The van der Waals surface area contributed by atoms with Crippen molar-refractivity contribution in [1.82, 2.24) is 20.2 Å². The molecule has 2 aliphatic rings. The molecule has 7 heteroatoms. The van der Waals surface area contributed by atoms with Gasteiger partial charge in [0.05, 0.1) is 17.9 Å². The Labute approximate surface area is 151 Å². The number of hydrogen-bond acceptors (Lipinski definition) is 5. The number of hydrogen-bond donors (Lipinski definition) is 3. The third kappa shape index (κ3) is 3.12. The van der Waals surface area contributed by atoms with Crippen LogP contribution in [0.4, 0.5) is 4.79 Å². The molecule has 134 valence electrons. The summed E-state index contributed by atoms with van der Waals surface area (Å²) in [6.07, 6.45) is 7.88. The summed E-state index contributed by atoms with van der Waals surface area (Å²) in [5.41, 5.74) is 1.90. The van der Waals surface area contributed by atoms with Crippen molar-refractivity contribution in [2.45, 2.75) is 43.7 Å². The Kier molecular flexibility index (Phi) is 4.28. The van der Waals surface area contributed by atoms with Crippen molar-refractivity contribution in [3.8, 4) is 5.75 Å². The summed E-state index contributed by atoms with van der Waals surface area (Å²) in [6.45, 7) is 0. The normalized spacial score (nSPS) is 25.0. The molecule has 4 rings (SSSR count). The molecule has 0 bridgehead atoms. The SMILES string of the molecule is N=C1CCC(c2cnccn2)N1C(=O)NC1CC(c2ccc(O)cc2)C1. The Morgan fingerprint density at radius 1 is 1.23 bits per heavy atom. The summed E-state index contributed by atoms with van der Waals surface area (Å²) in [5.74, 6) is 0.989. The van der Waals surface area contributed by atoms with Crippen molar-refractivity contribution in [3.05, 3.63) is 54.1 Å². The summed E-state index contributed by atoms with van der Waals surface area (Å²) >= 11 is 0. The van der Waals surface area contributed by atoms with Gasteiger partial charge >= 0.3 is 6.03 Å². The highest BCUT2D eigenvalue weighted by atomic mass is 16.3. The molecule has 2 amide bonds. The third-order valence-corrected chi connectivity index (χ3v) is 5.23. The molecule has 1 atom stereocenters. The number of amidine groups is 1. The van der Waals surface area contributed by atoms with E-state index in [1.54, 1.807) is 30.7 Å². The van der Waals surface area contributed by atoms with Crippen molar-refractivity contribution < 1.29 is 9.90 Å². The molecule has 1 aromatic heterocycles. The molecule has 1 saturated carbocycles. The zero-order valence-electron chi connectivity index (χ0n) is 14.3. The van der Waals surface area contributed by atoms with E-state index in [9.17, 15) is 9.90 Å². The molecule has 1 saturated heterocycles. The molecule has 0 spiro atoms. The van der Waals surface area contributed by atoms with E-state index in [0.29, 0.717) is 24.6 Å². The van der Waals surface area contributed by atoms with E-state index in [1.165, 1.54) is 10.5 Å². The van der Waals surface area contributed by atoms with Crippen LogP contribution in [0.2, 0.25) is 0 Å². The van der Waals surface area contributed by atoms with Gasteiger partial charge < -0.3 is 10.4 Å². The fourth-order valence-electron chi connectivity index (χ4n) is 3.74. The topological polar surface area (TPSA) is 102 Å². The average Bonchev–Trinajstić information content (AvgIpc) is 3.01. The number of aromatic nitrogens is 2. The van der Waals surface area contributed by atoms with E-state index in [2.05, 4.69) is 15.3 Å². The molecule has 2 fully saturated rings. The van der Waals surface area contributed by atoms with Crippen LogP contribution in [0.25, 0.3) is 0 Å². The first-order valence-corrected chi connectivity index (χ1v) is 8.84. The fraction of sp³-hybridized carbons (Fsp3) is 0.368. The lowest BCUT2D eigenvalue weighted by atomic mass is 9.76. The standard InChI is InChI=1S/C19H21N5O2/c20-18-6-5-17(16-11-21-7-8-22-16)24(18)19(26)23-14-9-13(10-14)12-1-3-15(25)4-2-12/h1-4,7-8,11,13-14,17,20,25H,5-6,9-10H2,(H,23,26). The maximum absolute atomic E-state index is 12.7. The van der Waals surface area contributed by atoms with Crippen molar-refractivity contribution in [3.63, 3.8) is 0 Å². The molecule has 0 radical (unpaired) electrons. The minimum atomic E-state index is -0.225. The number of likely N-dealkylation sites (tertiary alicyclic amines) is 1. The van der Waals surface area contributed by atoms with Gasteiger partial charge in [-0.25, -0.2) is 4.79 Å². The first-order valence-electron chi connectivity index (χ1n) is 8.84. The molecular weight excluding hydrogens is 330 g/mol. The fourth-order valence-corrected chi connectivity index (χ4v) is 3.74. The van der Waals surface area contributed by atoms with Crippen LogP contribution in [0.1, 0.15) is 48.9 Å². The third-order valence-electron chi connectivity index (χ3n) is 5.23. The van der Waals surface area contributed by atoms with Gasteiger partial charge in [-0.1, -0.05) is 12.1 Å². The lowest BCUT2D eigenvalue weighted by molar-refractivity contribution is 0.195. The zero-order valence-corrected chi connectivity index (χ0v) is 14.3. The second-order valence-electron chi connectivity index (χ2n) is 6.91.